The van der Waals surface area contributed by atoms with E-state index in [0.717, 1.165) is 26.1 Å². The summed E-state index contributed by atoms with van der Waals surface area (Å²) >= 11 is 0. The van der Waals surface area contributed by atoms with E-state index in [2.05, 4.69) is 39.8 Å². The summed E-state index contributed by atoms with van der Waals surface area (Å²) in [4.78, 5) is 29.4. The highest BCUT2D eigenvalue weighted by molar-refractivity contribution is 6.03. The first-order chi connectivity index (χ1) is 14.0. The third-order valence-electron chi connectivity index (χ3n) is 5.04. The summed E-state index contributed by atoms with van der Waals surface area (Å²) in [6, 6.07) is 17.4. The van der Waals surface area contributed by atoms with E-state index in [1.165, 1.54) is 5.56 Å². The second-order valence-electron chi connectivity index (χ2n) is 7.67. The summed E-state index contributed by atoms with van der Waals surface area (Å²) < 4.78 is 0. The highest BCUT2D eigenvalue weighted by atomic mass is 16.2. The molecular formula is C23H30N4O2. The number of hydrogen-bond donors (Lipinski definition) is 2. The van der Waals surface area contributed by atoms with Crippen molar-refractivity contribution in [3.05, 3.63) is 65.7 Å². The monoisotopic (exact) mass is 394 g/mol. The predicted molar refractivity (Wildman–Crippen MR) is 116 cm³/mol. The quantitative estimate of drug-likeness (QED) is 0.791. The van der Waals surface area contributed by atoms with Crippen LogP contribution in [-0.4, -0.2) is 60.5 Å². The zero-order chi connectivity index (χ0) is 20.6. The first-order valence-corrected chi connectivity index (χ1v) is 10.2. The molecule has 1 saturated heterocycles. The van der Waals surface area contributed by atoms with Gasteiger partial charge in [-0.2, -0.15) is 0 Å². The number of rotatable bonds is 6. The first-order valence-electron chi connectivity index (χ1n) is 10.2. The van der Waals surface area contributed by atoms with E-state index in [9.17, 15) is 9.59 Å². The molecule has 1 aliphatic heterocycles. The van der Waals surface area contributed by atoms with Gasteiger partial charge in [-0.05, 0) is 38.0 Å². The van der Waals surface area contributed by atoms with Gasteiger partial charge < -0.3 is 15.5 Å². The Morgan fingerprint density at radius 2 is 1.59 bits per heavy atom. The Kier molecular flexibility index (Phi) is 7.25. The van der Waals surface area contributed by atoms with Gasteiger partial charge >= 0.3 is 6.03 Å². The molecule has 1 aliphatic rings. The number of carbonyl (C=O) groups is 2. The van der Waals surface area contributed by atoms with Gasteiger partial charge in [0.25, 0.3) is 5.91 Å². The zero-order valence-corrected chi connectivity index (χ0v) is 17.2. The summed E-state index contributed by atoms with van der Waals surface area (Å²) in [5.41, 5.74) is 2.41. The molecule has 0 unspecified atom stereocenters. The maximum Gasteiger partial charge on any atom is 0.319 e. The zero-order valence-electron chi connectivity index (χ0n) is 17.2. The van der Waals surface area contributed by atoms with Crippen molar-refractivity contribution in [1.29, 1.82) is 0 Å². The Hall–Kier alpha value is -2.86. The van der Waals surface area contributed by atoms with Crippen molar-refractivity contribution in [2.45, 2.75) is 26.3 Å². The smallest absolute Gasteiger partial charge is 0.319 e. The molecule has 0 aliphatic carbocycles. The number of hydrogen-bond acceptors (Lipinski definition) is 3. The Labute approximate surface area is 172 Å². The number of nitrogens with zero attached hydrogens (tertiary/aromatic N) is 2. The molecule has 1 heterocycles. The molecule has 6 nitrogen and oxygen atoms in total. The van der Waals surface area contributed by atoms with Crippen LogP contribution in [0.5, 0.6) is 0 Å². The summed E-state index contributed by atoms with van der Waals surface area (Å²) in [6.45, 7) is 7.91. The molecule has 0 radical (unpaired) electrons. The van der Waals surface area contributed by atoms with E-state index in [1.807, 2.05) is 36.9 Å². The fourth-order valence-electron chi connectivity index (χ4n) is 3.48. The van der Waals surface area contributed by atoms with Crippen molar-refractivity contribution in [2.24, 2.45) is 0 Å². The molecule has 3 amide bonds. The molecule has 6 heteroatoms. The average molecular weight is 395 g/mol. The lowest BCUT2D eigenvalue weighted by Gasteiger charge is -2.35. The Morgan fingerprint density at radius 1 is 0.931 bits per heavy atom. The fraction of sp³-hybridized carbons (Fsp3) is 0.391. The minimum Gasteiger partial charge on any atom is -0.336 e. The third-order valence-corrected chi connectivity index (χ3v) is 5.04. The lowest BCUT2D eigenvalue weighted by atomic mass is 10.1. The minimum absolute atomic E-state index is 0.0295. The summed E-state index contributed by atoms with van der Waals surface area (Å²) in [6.07, 6.45) is 1.02. The second kappa shape index (κ2) is 10.1. The molecule has 3 rings (SSSR count). The summed E-state index contributed by atoms with van der Waals surface area (Å²) in [5.74, 6) is -0.0341. The Bertz CT molecular complexity index is 815. The molecule has 0 saturated carbocycles. The minimum atomic E-state index is -0.300. The van der Waals surface area contributed by atoms with Crippen LogP contribution in [0.3, 0.4) is 0 Å². The molecule has 29 heavy (non-hydrogen) atoms. The van der Waals surface area contributed by atoms with Gasteiger partial charge in [-0.15, -0.1) is 0 Å². The van der Waals surface area contributed by atoms with Gasteiger partial charge in [0.1, 0.15) is 0 Å². The van der Waals surface area contributed by atoms with E-state index in [4.69, 9.17) is 0 Å². The van der Waals surface area contributed by atoms with Crippen LogP contribution in [0.15, 0.2) is 54.6 Å². The number of nitrogens with one attached hydrogen (secondary N) is 2. The number of urea groups is 1. The van der Waals surface area contributed by atoms with Crippen molar-refractivity contribution >= 4 is 17.6 Å². The number of anilines is 1. The molecular weight excluding hydrogens is 364 g/mol. The Morgan fingerprint density at radius 3 is 2.28 bits per heavy atom. The van der Waals surface area contributed by atoms with Crippen molar-refractivity contribution in [3.63, 3.8) is 0 Å². The van der Waals surface area contributed by atoms with E-state index in [1.54, 1.807) is 12.1 Å². The van der Waals surface area contributed by atoms with Crippen LogP contribution in [-0.2, 0) is 6.42 Å². The molecule has 2 N–H and O–H groups in total. The molecule has 154 valence electrons. The maximum atomic E-state index is 13.0. The lowest BCUT2D eigenvalue weighted by molar-refractivity contribution is 0.0639. The number of para-hydroxylation sites is 1. The average Bonchev–Trinajstić information content (AvgIpc) is 2.73. The van der Waals surface area contributed by atoms with Crippen molar-refractivity contribution in [2.75, 3.05) is 38.0 Å². The molecule has 0 atom stereocenters. The number of benzene rings is 2. The van der Waals surface area contributed by atoms with Crippen molar-refractivity contribution < 1.29 is 9.59 Å². The van der Waals surface area contributed by atoms with E-state index >= 15 is 0 Å². The highest BCUT2D eigenvalue weighted by Gasteiger charge is 2.24. The van der Waals surface area contributed by atoms with Crippen LogP contribution in [0.4, 0.5) is 10.5 Å². The first kappa shape index (κ1) is 20.9. The fourth-order valence-corrected chi connectivity index (χ4v) is 3.48. The van der Waals surface area contributed by atoms with E-state index in [0.29, 0.717) is 24.3 Å². The largest absolute Gasteiger partial charge is 0.336 e. The van der Waals surface area contributed by atoms with Crippen LogP contribution in [0.2, 0.25) is 0 Å². The van der Waals surface area contributed by atoms with Crippen LogP contribution in [0, 0.1) is 0 Å². The van der Waals surface area contributed by atoms with Gasteiger partial charge in [-0.3, -0.25) is 9.69 Å². The third kappa shape index (κ3) is 6.06. The SMILES string of the molecule is CC(C)NC(=O)Nc1ccccc1C(=O)N1CCN(CCc2ccccc2)CC1. The standard InChI is InChI=1S/C23H30N4O2/c1-18(2)24-23(29)25-21-11-7-6-10-20(21)22(28)27-16-14-26(15-17-27)13-12-19-8-4-3-5-9-19/h3-11,18H,12-17H2,1-2H3,(H2,24,25,29). The molecule has 0 bridgehead atoms. The predicted octanol–water partition coefficient (Wildman–Crippen LogP) is 3.22. The van der Waals surface area contributed by atoms with Gasteiger partial charge in [-0.25, -0.2) is 4.79 Å². The molecule has 0 spiro atoms. The van der Waals surface area contributed by atoms with E-state index < -0.39 is 0 Å². The topological polar surface area (TPSA) is 64.7 Å². The van der Waals surface area contributed by atoms with Gasteiger partial charge in [0.15, 0.2) is 0 Å². The normalized spacial score (nSPS) is 14.7. The van der Waals surface area contributed by atoms with Crippen LogP contribution in [0.25, 0.3) is 0 Å². The molecule has 2 aromatic carbocycles. The van der Waals surface area contributed by atoms with Gasteiger partial charge in [0.05, 0.1) is 11.3 Å². The van der Waals surface area contributed by atoms with Crippen LogP contribution in [0.1, 0.15) is 29.8 Å². The van der Waals surface area contributed by atoms with Crippen molar-refractivity contribution in [1.82, 2.24) is 15.1 Å². The van der Waals surface area contributed by atoms with Gasteiger partial charge in [0, 0.05) is 38.8 Å². The summed E-state index contributed by atoms with van der Waals surface area (Å²) in [5, 5.41) is 5.59. The van der Waals surface area contributed by atoms with Gasteiger partial charge in [-0.1, -0.05) is 42.5 Å². The number of carbonyl (C=O) groups excluding carboxylic acids is 2. The number of piperazine rings is 1. The van der Waals surface area contributed by atoms with E-state index in [-0.39, 0.29) is 18.0 Å². The Balaban J connectivity index is 1.54. The molecule has 0 aromatic heterocycles. The molecule has 1 fully saturated rings. The lowest BCUT2D eigenvalue weighted by Crippen LogP contribution is -2.49. The molecule has 2 aromatic rings. The maximum absolute atomic E-state index is 13.0. The second-order valence-corrected chi connectivity index (χ2v) is 7.67. The number of amides is 3. The summed E-state index contributed by atoms with van der Waals surface area (Å²) in [7, 11) is 0. The van der Waals surface area contributed by atoms with Crippen molar-refractivity contribution in [3.8, 4) is 0 Å². The van der Waals surface area contributed by atoms with Gasteiger partial charge in [0.2, 0.25) is 0 Å². The van der Waals surface area contributed by atoms with Crippen LogP contribution >= 0.6 is 0 Å². The highest BCUT2D eigenvalue weighted by Crippen LogP contribution is 2.18. The van der Waals surface area contributed by atoms with Crippen LogP contribution < -0.4 is 10.6 Å².